The molecule has 0 saturated carbocycles. The largest absolute Gasteiger partial charge is 0.366 e. The molecule has 0 spiro atoms. The van der Waals surface area contributed by atoms with Gasteiger partial charge < -0.3 is 11.1 Å². The van der Waals surface area contributed by atoms with E-state index in [9.17, 15) is 9.59 Å². The van der Waals surface area contributed by atoms with E-state index in [4.69, 9.17) is 17.3 Å². The number of hydrogen-bond acceptors (Lipinski definition) is 2. The lowest BCUT2D eigenvalue weighted by molar-refractivity contribution is -0.115. The molecule has 2 amide bonds. The van der Waals surface area contributed by atoms with Crippen molar-refractivity contribution in [3.8, 4) is 0 Å². The standard InChI is InChI=1S/C11H13ClN2O2/c1-7-6-8(11(13)16)2-3-9(7)14-10(15)4-5-12/h2-3,6H,4-5H2,1H3,(H2,13,16)(H,14,15). The first-order valence-corrected chi connectivity index (χ1v) is 5.34. The molecule has 0 aromatic heterocycles. The van der Waals surface area contributed by atoms with Crippen LogP contribution in [0, 0.1) is 6.92 Å². The number of alkyl halides is 1. The van der Waals surface area contributed by atoms with Crippen LogP contribution in [0.1, 0.15) is 22.3 Å². The normalized spacial score (nSPS) is 9.88. The van der Waals surface area contributed by atoms with Crippen LogP contribution in [0.5, 0.6) is 0 Å². The van der Waals surface area contributed by atoms with Crippen molar-refractivity contribution < 1.29 is 9.59 Å². The molecule has 0 atom stereocenters. The Bertz CT molecular complexity index is 418. The molecule has 0 fully saturated rings. The Balaban J connectivity index is 2.83. The van der Waals surface area contributed by atoms with Crippen LogP contribution < -0.4 is 11.1 Å². The highest BCUT2D eigenvalue weighted by molar-refractivity contribution is 6.19. The van der Waals surface area contributed by atoms with Gasteiger partial charge in [-0.15, -0.1) is 11.6 Å². The number of primary amides is 1. The van der Waals surface area contributed by atoms with Gasteiger partial charge >= 0.3 is 0 Å². The van der Waals surface area contributed by atoms with Gasteiger partial charge in [0.25, 0.3) is 0 Å². The molecule has 1 aromatic rings. The average molecular weight is 241 g/mol. The SMILES string of the molecule is Cc1cc(C(N)=O)ccc1NC(=O)CCCl. The van der Waals surface area contributed by atoms with Gasteiger partial charge in [-0.25, -0.2) is 0 Å². The van der Waals surface area contributed by atoms with E-state index >= 15 is 0 Å². The minimum absolute atomic E-state index is 0.148. The van der Waals surface area contributed by atoms with Gasteiger partial charge in [-0.2, -0.15) is 0 Å². The zero-order chi connectivity index (χ0) is 12.1. The summed E-state index contributed by atoms with van der Waals surface area (Å²) in [5.74, 6) is -0.351. The Morgan fingerprint density at radius 3 is 2.62 bits per heavy atom. The van der Waals surface area contributed by atoms with Gasteiger partial charge in [-0.1, -0.05) is 0 Å². The van der Waals surface area contributed by atoms with Crippen LogP contribution in [0.15, 0.2) is 18.2 Å². The van der Waals surface area contributed by atoms with Gasteiger partial charge in [0.15, 0.2) is 0 Å². The number of halogens is 1. The maximum Gasteiger partial charge on any atom is 0.248 e. The molecule has 5 heteroatoms. The summed E-state index contributed by atoms with van der Waals surface area (Å²) in [6, 6.07) is 4.87. The zero-order valence-electron chi connectivity index (χ0n) is 8.92. The number of carbonyl (C=O) groups is 2. The van der Waals surface area contributed by atoms with Crippen molar-refractivity contribution in [3.63, 3.8) is 0 Å². The van der Waals surface area contributed by atoms with Gasteiger partial charge in [0, 0.05) is 23.6 Å². The molecule has 0 aliphatic carbocycles. The van der Waals surface area contributed by atoms with Gasteiger partial charge in [-0.3, -0.25) is 9.59 Å². The molecule has 1 rings (SSSR count). The second-order valence-corrected chi connectivity index (χ2v) is 3.76. The Kier molecular flexibility index (Phi) is 4.31. The lowest BCUT2D eigenvalue weighted by atomic mass is 10.1. The van der Waals surface area contributed by atoms with Gasteiger partial charge in [0.05, 0.1) is 0 Å². The first-order valence-electron chi connectivity index (χ1n) is 4.81. The smallest absolute Gasteiger partial charge is 0.248 e. The van der Waals surface area contributed by atoms with Crippen molar-refractivity contribution >= 4 is 29.1 Å². The van der Waals surface area contributed by atoms with E-state index < -0.39 is 5.91 Å². The molecule has 86 valence electrons. The molecular formula is C11H13ClN2O2. The average Bonchev–Trinajstić information content (AvgIpc) is 2.21. The van der Waals surface area contributed by atoms with E-state index in [1.165, 1.54) is 0 Å². The third kappa shape index (κ3) is 3.24. The molecule has 0 bridgehead atoms. The number of anilines is 1. The highest BCUT2D eigenvalue weighted by atomic mass is 35.5. The molecule has 0 aliphatic heterocycles. The summed E-state index contributed by atoms with van der Waals surface area (Å²) in [7, 11) is 0. The number of hydrogen-bond donors (Lipinski definition) is 2. The summed E-state index contributed by atoms with van der Waals surface area (Å²) in [6.07, 6.45) is 0.262. The predicted octanol–water partition coefficient (Wildman–Crippen LogP) is 1.66. The third-order valence-corrected chi connectivity index (χ3v) is 2.30. The van der Waals surface area contributed by atoms with Crippen LogP contribution in [0.2, 0.25) is 0 Å². The summed E-state index contributed by atoms with van der Waals surface area (Å²) in [6.45, 7) is 1.79. The summed E-state index contributed by atoms with van der Waals surface area (Å²) in [5.41, 5.74) is 7.02. The van der Waals surface area contributed by atoms with E-state index in [-0.39, 0.29) is 18.2 Å². The number of carbonyl (C=O) groups excluding carboxylic acids is 2. The predicted molar refractivity (Wildman–Crippen MR) is 63.7 cm³/mol. The lowest BCUT2D eigenvalue weighted by Gasteiger charge is -2.08. The molecular weight excluding hydrogens is 228 g/mol. The van der Waals surface area contributed by atoms with E-state index in [0.29, 0.717) is 11.3 Å². The number of aryl methyl sites for hydroxylation is 1. The number of benzene rings is 1. The van der Waals surface area contributed by atoms with E-state index in [1.54, 1.807) is 25.1 Å². The van der Waals surface area contributed by atoms with Crippen molar-refractivity contribution in [2.75, 3.05) is 11.2 Å². The van der Waals surface area contributed by atoms with Crippen molar-refractivity contribution in [1.29, 1.82) is 0 Å². The monoisotopic (exact) mass is 240 g/mol. The molecule has 4 nitrogen and oxygen atoms in total. The molecule has 3 N–H and O–H groups in total. The number of nitrogens with one attached hydrogen (secondary N) is 1. The Hall–Kier alpha value is -1.55. The maximum atomic E-state index is 11.3. The highest BCUT2D eigenvalue weighted by Crippen LogP contribution is 2.16. The van der Waals surface area contributed by atoms with Crippen LogP contribution in [-0.2, 0) is 4.79 Å². The third-order valence-electron chi connectivity index (χ3n) is 2.11. The van der Waals surface area contributed by atoms with Crippen molar-refractivity contribution in [1.82, 2.24) is 0 Å². The van der Waals surface area contributed by atoms with Gasteiger partial charge in [0.2, 0.25) is 11.8 Å². The summed E-state index contributed by atoms with van der Waals surface area (Å²) >= 11 is 5.45. The fourth-order valence-electron chi connectivity index (χ4n) is 1.26. The first kappa shape index (κ1) is 12.5. The second-order valence-electron chi connectivity index (χ2n) is 3.38. The first-order chi connectivity index (χ1) is 7.54. The Labute approximate surface area is 98.8 Å². The Morgan fingerprint density at radius 2 is 2.12 bits per heavy atom. The van der Waals surface area contributed by atoms with Crippen LogP contribution in [0.4, 0.5) is 5.69 Å². The van der Waals surface area contributed by atoms with Crippen molar-refractivity contribution in [2.24, 2.45) is 5.73 Å². The maximum absolute atomic E-state index is 11.3. The topological polar surface area (TPSA) is 72.2 Å². The Morgan fingerprint density at radius 1 is 1.44 bits per heavy atom. The minimum Gasteiger partial charge on any atom is -0.366 e. The highest BCUT2D eigenvalue weighted by Gasteiger charge is 2.06. The van der Waals surface area contributed by atoms with Crippen molar-refractivity contribution in [2.45, 2.75) is 13.3 Å². The van der Waals surface area contributed by atoms with E-state index in [1.807, 2.05) is 0 Å². The quantitative estimate of drug-likeness (QED) is 0.786. The molecule has 0 aliphatic rings. The van der Waals surface area contributed by atoms with Crippen LogP contribution >= 0.6 is 11.6 Å². The molecule has 1 aromatic carbocycles. The van der Waals surface area contributed by atoms with Crippen LogP contribution in [-0.4, -0.2) is 17.7 Å². The van der Waals surface area contributed by atoms with E-state index in [0.717, 1.165) is 5.56 Å². The van der Waals surface area contributed by atoms with Crippen LogP contribution in [0.25, 0.3) is 0 Å². The fourth-order valence-corrected chi connectivity index (χ4v) is 1.43. The molecule has 0 radical (unpaired) electrons. The van der Waals surface area contributed by atoms with Gasteiger partial charge in [0.1, 0.15) is 0 Å². The number of rotatable bonds is 4. The van der Waals surface area contributed by atoms with Crippen molar-refractivity contribution in [3.05, 3.63) is 29.3 Å². The summed E-state index contributed by atoms with van der Waals surface area (Å²) in [4.78, 5) is 22.2. The molecule has 0 saturated heterocycles. The van der Waals surface area contributed by atoms with Gasteiger partial charge in [-0.05, 0) is 30.7 Å². The lowest BCUT2D eigenvalue weighted by Crippen LogP contribution is -2.14. The zero-order valence-corrected chi connectivity index (χ0v) is 9.67. The minimum atomic E-state index is -0.485. The number of nitrogens with two attached hydrogens (primary N) is 1. The molecule has 16 heavy (non-hydrogen) atoms. The molecule has 0 unspecified atom stereocenters. The number of amides is 2. The summed E-state index contributed by atoms with van der Waals surface area (Å²) < 4.78 is 0. The fraction of sp³-hybridized carbons (Fsp3) is 0.273. The van der Waals surface area contributed by atoms with Crippen LogP contribution in [0.3, 0.4) is 0 Å². The second kappa shape index (κ2) is 5.51. The molecule has 0 heterocycles. The van der Waals surface area contributed by atoms with E-state index in [2.05, 4.69) is 5.32 Å². The summed E-state index contributed by atoms with van der Waals surface area (Å²) in [5, 5.41) is 2.70.